The minimum absolute atomic E-state index is 0.0577. The van der Waals surface area contributed by atoms with E-state index < -0.39 is 0 Å². The molecule has 0 radical (unpaired) electrons. The first kappa shape index (κ1) is 24.6. The average Bonchev–Trinajstić information content (AvgIpc) is 3.28. The second-order valence-electron chi connectivity index (χ2n) is 9.47. The normalized spacial score (nSPS) is 11.2. The van der Waals surface area contributed by atoms with Crippen LogP contribution in [0, 0.1) is 0 Å². The van der Waals surface area contributed by atoms with Crippen LogP contribution in [0.15, 0.2) is 91.0 Å². The molecule has 37 heavy (non-hydrogen) atoms. The Balaban J connectivity index is 1.14. The van der Waals surface area contributed by atoms with Crippen molar-refractivity contribution in [3.05, 3.63) is 108 Å². The molecule has 1 heterocycles. The van der Waals surface area contributed by atoms with Gasteiger partial charge in [0.1, 0.15) is 11.6 Å². The van der Waals surface area contributed by atoms with E-state index in [1.807, 2.05) is 30.3 Å². The third kappa shape index (κ3) is 6.18. The standard InChI is InChI=1S/C32H33N3O2/c1-37-28-18-15-24(16-19-28)22-32(36)33-20-8-2-3-13-31-34-29-11-6-7-12-30(29)35(31)23-25-14-17-26-9-4-5-10-27(26)21-25/h4-7,9-12,14-19,21H,2-3,8,13,20,22-23H2,1H3,(H,33,36). The van der Waals surface area contributed by atoms with Gasteiger partial charge in [-0.05, 0) is 65.1 Å². The Morgan fingerprint density at radius 1 is 0.838 bits per heavy atom. The van der Waals surface area contributed by atoms with Crippen LogP contribution in [0.25, 0.3) is 21.8 Å². The van der Waals surface area contributed by atoms with Gasteiger partial charge in [0.2, 0.25) is 5.91 Å². The number of para-hydroxylation sites is 2. The highest BCUT2D eigenvalue weighted by Gasteiger charge is 2.11. The van der Waals surface area contributed by atoms with Gasteiger partial charge in [0.25, 0.3) is 0 Å². The van der Waals surface area contributed by atoms with Crippen molar-refractivity contribution < 1.29 is 9.53 Å². The van der Waals surface area contributed by atoms with Gasteiger partial charge in [-0.3, -0.25) is 4.79 Å². The number of nitrogens with one attached hydrogen (secondary N) is 1. The minimum Gasteiger partial charge on any atom is -0.497 e. The van der Waals surface area contributed by atoms with Crippen molar-refractivity contribution in [2.75, 3.05) is 13.7 Å². The van der Waals surface area contributed by atoms with Crippen molar-refractivity contribution in [2.24, 2.45) is 0 Å². The smallest absolute Gasteiger partial charge is 0.224 e. The number of carbonyl (C=O) groups is 1. The zero-order chi connectivity index (χ0) is 25.5. The number of methoxy groups -OCH3 is 1. The number of ether oxygens (including phenoxy) is 1. The van der Waals surface area contributed by atoms with E-state index >= 15 is 0 Å². The zero-order valence-corrected chi connectivity index (χ0v) is 21.3. The fourth-order valence-electron chi connectivity index (χ4n) is 4.82. The molecule has 4 aromatic carbocycles. The van der Waals surface area contributed by atoms with Crippen molar-refractivity contribution in [1.82, 2.24) is 14.9 Å². The lowest BCUT2D eigenvalue weighted by atomic mass is 10.1. The summed E-state index contributed by atoms with van der Waals surface area (Å²) in [6.45, 7) is 1.50. The fourth-order valence-corrected chi connectivity index (χ4v) is 4.82. The predicted molar refractivity (Wildman–Crippen MR) is 150 cm³/mol. The van der Waals surface area contributed by atoms with Gasteiger partial charge in [0, 0.05) is 19.5 Å². The van der Waals surface area contributed by atoms with E-state index in [0.29, 0.717) is 13.0 Å². The molecule has 0 fully saturated rings. The maximum atomic E-state index is 12.3. The van der Waals surface area contributed by atoms with Crippen LogP contribution >= 0.6 is 0 Å². The molecule has 0 atom stereocenters. The van der Waals surface area contributed by atoms with E-state index in [1.54, 1.807) is 7.11 Å². The SMILES string of the molecule is COc1ccc(CC(=O)NCCCCCc2nc3ccccc3n2Cc2ccc3ccccc3c2)cc1. The highest BCUT2D eigenvalue weighted by atomic mass is 16.5. The molecule has 0 aliphatic carbocycles. The molecule has 0 saturated heterocycles. The van der Waals surface area contributed by atoms with Crippen LogP contribution in [-0.4, -0.2) is 29.1 Å². The van der Waals surface area contributed by atoms with Crippen LogP contribution in [0.3, 0.4) is 0 Å². The molecule has 0 aliphatic rings. The van der Waals surface area contributed by atoms with Crippen molar-refractivity contribution in [3.63, 3.8) is 0 Å². The molecule has 0 unspecified atom stereocenters. The van der Waals surface area contributed by atoms with Crippen LogP contribution in [-0.2, 0) is 24.2 Å². The van der Waals surface area contributed by atoms with Gasteiger partial charge in [-0.25, -0.2) is 4.98 Å². The number of unbranched alkanes of at least 4 members (excludes halogenated alkanes) is 2. The Morgan fingerprint density at radius 3 is 2.43 bits per heavy atom. The number of imidazole rings is 1. The maximum Gasteiger partial charge on any atom is 0.224 e. The molecule has 5 rings (SSSR count). The Hall–Kier alpha value is -4.12. The number of nitrogens with zero attached hydrogens (tertiary/aromatic N) is 2. The zero-order valence-electron chi connectivity index (χ0n) is 21.3. The lowest BCUT2D eigenvalue weighted by Crippen LogP contribution is -2.26. The molecule has 1 N–H and O–H groups in total. The van der Waals surface area contributed by atoms with Crippen LogP contribution in [0.4, 0.5) is 0 Å². The molecule has 0 bridgehead atoms. The first-order valence-corrected chi connectivity index (χ1v) is 13.0. The molecule has 0 saturated carbocycles. The number of fused-ring (bicyclic) bond motifs is 2. The van der Waals surface area contributed by atoms with Gasteiger partial charge in [-0.2, -0.15) is 0 Å². The molecule has 0 spiro atoms. The van der Waals surface area contributed by atoms with Gasteiger partial charge >= 0.3 is 0 Å². The van der Waals surface area contributed by atoms with E-state index in [0.717, 1.165) is 54.9 Å². The lowest BCUT2D eigenvalue weighted by molar-refractivity contribution is -0.120. The number of aromatic nitrogens is 2. The highest BCUT2D eigenvalue weighted by Crippen LogP contribution is 2.22. The molecule has 5 nitrogen and oxygen atoms in total. The predicted octanol–water partition coefficient (Wildman–Crippen LogP) is 6.32. The second kappa shape index (κ2) is 11.7. The summed E-state index contributed by atoms with van der Waals surface area (Å²) in [6.07, 6.45) is 4.35. The van der Waals surface area contributed by atoms with Gasteiger partial charge in [-0.1, -0.05) is 67.1 Å². The monoisotopic (exact) mass is 491 g/mol. The molecular weight excluding hydrogens is 458 g/mol. The van der Waals surface area contributed by atoms with E-state index in [4.69, 9.17) is 9.72 Å². The van der Waals surface area contributed by atoms with Crippen LogP contribution in [0.2, 0.25) is 0 Å². The molecule has 0 aliphatic heterocycles. The van der Waals surface area contributed by atoms with Gasteiger partial charge in [-0.15, -0.1) is 0 Å². The fraction of sp³-hybridized carbons (Fsp3) is 0.250. The van der Waals surface area contributed by atoms with Crippen molar-refractivity contribution >= 4 is 27.7 Å². The Kier molecular flexibility index (Phi) is 7.80. The second-order valence-corrected chi connectivity index (χ2v) is 9.47. The summed E-state index contributed by atoms with van der Waals surface area (Å²) in [5.41, 5.74) is 4.49. The van der Waals surface area contributed by atoms with E-state index in [9.17, 15) is 4.79 Å². The highest BCUT2D eigenvalue weighted by molar-refractivity contribution is 5.83. The van der Waals surface area contributed by atoms with Gasteiger partial charge < -0.3 is 14.6 Å². The molecule has 5 aromatic rings. The molecule has 1 amide bonds. The van der Waals surface area contributed by atoms with Crippen LogP contribution in [0.1, 0.15) is 36.2 Å². The third-order valence-electron chi connectivity index (χ3n) is 6.81. The van der Waals surface area contributed by atoms with Crippen molar-refractivity contribution in [2.45, 2.75) is 38.6 Å². The Labute approximate surface area is 218 Å². The largest absolute Gasteiger partial charge is 0.497 e. The number of benzene rings is 4. The van der Waals surface area contributed by atoms with Gasteiger partial charge in [0.15, 0.2) is 0 Å². The van der Waals surface area contributed by atoms with Crippen molar-refractivity contribution in [1.29, 1.82) is 0 Å². The first-order chi connectivity index (χ1) is 18.2. The molecular formula is C32H33N3O2. The van der Waals surface area contributed by atoms with E-state index in [1.165, 1.54) is 21.9 Å². The quantitative estimate of drug-likeness (QED) is 0.220. The first-order valence-electron chi connectivity index (χ1n) is 13.0. The summed E-state index contributed by atoms with van der Waals surface area (Å²) >= 11 is 0. The van der Waals surface area contributed by atoms with Crippen LogP contribution < -0.4 is 10.1 Å². The summed E-state index contributed by atoms with van der Waals surface area (Å²) in [5.74, 6) is 1.98. The number of hydrogen-bond donors (Lipinski definition) is 1. The Bertz CT molecular complexity index is 1490. The van der Waals surface area contributed by atoms with E-state index in [2.05, 4.69) is 70.5 Å². The van der Waals surface area contributed by atoms with Gasteiger partial charge in [0.05, 0.1) is 24.6 Å². The summed E-state index contributed by atoms with van der Waals surface area (Å²) in [7, 11) is 1.64. The molecule has 188 valence electrons. The number of hydrogen-bond acceptors (Lipinski definition) is 3. The number of aryl methyl sites for hydroxylation is 1. The summed E-state index contributed by atoms with van der Waals surface area (Å²) < 4.78 is 7.53. The number of carbonyl (C=O) groups excluding carboxylic acids is 1. The van der Waals surface area contributed by atoms with Crippen molar-refractivity contribution in [3.8, 4) is 5.75 Å². The number of amides is 1. The minimum atomic E-state index is 0.0577. The average molecular weight is 492 g/mol. The summed E-state index contributed by atoms with van der Waals surface area (Å²) in [5, 5.41) is 5.57. The summed E-state index contributed by atoms with van der Waals surface area (Å²) in [6, 6.07) is 31.2. The molecule has 1 aromatic heterocycles. The lowest BCUT2D eigenvalue weighted by Gasteiger charge is -2.11. The summed E-state index contributed by atoms with van der Waals surface area (Å²) in [4.78, 5) is 17.2. The van der Waals surface area contributed by atoms with Crippen LogP contribution in [0.5, 0.6) is 5.75 Å². The Morgan fingerprint density at radius 2 is 1.59 bits per heavy atom. The topological polar surface area (TPSA) is 56.1 Å². The molecule has 5 heteroatoms. The number of rotatable bonds is 11. The third-order valence-corrected chi connectivity index (χ3v) is 6.81. The van der Waals surface area contributed by atoms with E-state index in [-0.39, 0.29) is 5.91 Å². The maximum absolute atomic E-state index is 12.3.